The lowest BCUT2D eigenvalue weighted by molar-refractivity contribution is -0.0102. The number of methoxy groups -OCH3 is 1. The maximum absolute atomic E-state index is 14.2. The molecule has 1 amide bonds. The molecule has 2 aromatic rings. The Kier molecular flexibility index (Phi) is 7.60. The molecule has 1 aliphatic rings. The number of amidine groups is 1. The van der Waals surface area contributed by atoms with Crippen molar-refractivity contribution in [3.8, 4) is 11.5 Å². The lowest BCUT2D eigenvalue weighted by atomic mass is 9.96. The normalized spacial score (nSPS) is 16.8. The Balaban J connectivity index is 1.86. The second kappa shape index (κ2) is 10.1. The van der Waals surface area contributed by atoms with E-state index >= 15 is 0 Å². The minimum absolute atomic E-state index is 0.0899. The SMILES string of the molecule is CCC(F)(F)c1ccc(COc2ccc(/C=C3\SC(=O)NC3=NC)cc2OC)c(C(C)(F)F)c1. The minimum atomic E-state index is -3.33. The Bertz CT molecular complexity index is 1140. The standard InChI is InChI=1S/C24H24F4N2O3S/c1-5-24(27,28)16-8-7-15(17(12-16)23(2,25)26)13-33-18-9-6-14(10-19(18)32-4)11-20-21(29-3)30-22(31)34-20/h6-12H,5,13H2,1-4H3,(H,29,30,31)/b20-11-. The first-order chi connectivity index (χ1) is 16.0. The number of hydrogen-bond donors (Lipinski definition) is 1. The van der Waals surface area contributed by atoms with E-state index in [-0.39, 0.29) is 23.2 Å². The minimum Gasteiger partial charge on any atom is -0.493 e. The molecule has 182 valence electrons. The van der Waals surface area contributed by atoms with Gasteiger partial charge in [-0.25, -0.2) is 17.6 Å². The Morgan fingerprint density at radius 2 is 1.85 bits per heavy atom. The number of carbonyl (C=O) groups is 1. The van der Waals surface area contributed by atoms with Gasteiger partial charge in [-0.05, 0) is 47.2 Å². The van der Waals surface area contributed by atoms with Gasteiger partial charge in [0, 0.05) is 31.5 Å². The third kappa shape index (κ3) is 5.72. The highest BCUT2D eigenvalue weighted by molar-refractivity contribution is 8.18. The van der Waals surface area contributed by atoms with Crippen molar-refractivity contribution >= 4 is 28.9 Å². The molecule has 0 aliphatic carbocycles. The average molecular weight is 497 g/mol. The van der Waals surface area contributed by atoms with E-state index in [1.807, 2.05) is 0 Å². The monoisotopic (exact) mass is 496 g/mol. The van der Waals surface area contributed by atoms with Gasteiger partial charge in [0.2, 0.25) is 0 Å². The first-order valence-corrected chi connectivity index (χ1v) is 11.2. The van der Waals surface area contributed by atoms with Crippen molar-refractivity contribution in [2.45, 2.75) is 38.7 Å². The molecule has 3 rings (SSSR count). The van der Waals surface area contributed by atoms with Gasteiger partial charge in [0.05, 0.1) is 12.0 Å². The first-order valence-electron chi connectivity index (χ1n) is 10.4. The second-order valence-electron chi connectivity index (χ2n) is 7.61. The van der Waals surface area contributed by atoms with E-state index in [1.165, 1.54) is 20.1 Å². The Morgan fingerprint density at radius 3 is 2.47 bits per heavy atom. The molecule has 2 aromatic carbocycles. The molecule has 0 aromatic heterocycles. The molecule has 0 radical (unpaired) electrons. The van der Waals surface area contributed by atoms with Crippen molar-refractivity contribution < 1.29 is 31.8 Å². The number of aliphatic imine (C=N–C) groups is 1. The summed E-state index contributed by atoms with van der Waals surface area (Å²) < 4.78 is 67.6. The van der Waals surface area contributed by atoms with Gasteiger partial charge >= 0.3 is 0 Å². The molecule has 0 bridgehead atoms. The van der Waals surface area contributed by atoms with E-state index in [9.17, 15) is 22.4 Å². The summed E-state index contributed by atoms with van der Waals surface area (Å²) in [6.07, 6.45) is 1.26. The van der Waals surface area contributed by atoms with Crippen LogP contribution in [0.3, 0.4) is 0 Å². The summed E-state index contributed by atoms with van der Waals surface area (Å²) in [4.78, 5) is 16.3. The zero-order chi connectivity index (χ0) is 25.1. The van der Waals surface area contributed by atoms with Crippen LogP contribution in [0.4, 0.5) is 22.4 Å². The summed E-state index contributed by atoms with van der Waals surface area (Å²) in [6, 6.07) is 8.21. The highest BCUT2D eigenvalue weighted by Gasteiger charge is 2.34. The predicted octanol–water partition coefficient (Wildman–Crippen LogP) is 6.71. The van der Waals surface area contributed by atoms with E-state index in [4.69, 9.17) is 9.47 Å². The smallest absolute Gasteiger partial charge is 0.289 e. The summed E-state index contributed by atoms with van der Waals surface area (Å²) in [7, 11) is 3.00. The molecule has 1 aliphatic heterocycles. The fraction of sp³-hybridized carbons (Fsp3) is 0.333. The third-order valence-corrected chi connectivity index (χ3v) is 6.02. The highest BCUT2D eigenvalue weighted by Crippen LogP contribution is 2.38. The average Bonchev–Trinajstić information content (AvgIpc) is 3.16. The number of halogens is 4. The zero-order valence-electron chi connectivity index (χ0n) is 19.0. The van der Waals surface area contributed by atoms with Gasteiger partial charge in [0.25, 0.3) is 17.1 Å². The fourth-order valence-corrected chi connectivity index (χ4v) is 4.12. The number of hydrogen-bond acceptors (Lipinski definition) is 5. The molecule has 1 fully saturated rings. The molecule has 1 saturated heterocycles. The number of nitrogens with one attached hydrogen (secondary N) is 1. The highest BCUT2D eigenvalue weighted by atomic mass is 32.2. The van der Waals surface area contributed by atoms with Gasteiger partial charge in [-0.15, -0.1) is 0 Å². The molecule has 34 heavy (non-hydrogen) atoms. The number of ether oxygens (including phenoxy) is 2. The lowest BCUT2D eigenvalue weighted by Gasteiger charge is -2.21. The van der Waals surface area contributed by atoms with E-state index in [0.717, 1.165) is 23.9 Å². The largest absolute Gasteiger partial charge is 0.493 e. The van der Waals surface area contributed by atoms with Crippen LogP contribution < -0.4 is 14.8 Å². The fourth-order valence-electron chi connectivity index (χ4n) is 3.34. The summed E-state index contributed by atoms with van der Waals surface area (Å²) >= 11 is 1.01. The summed E-state index contributed by atoms with van der Waals surface area (Å²) in [5.74, 6) is -5.45. The Morgan fingerprint density at radius 1 is 1.12 bits per heavy atom. The Labute approximate surface area is 199 Å². The number of amides is 1. The van der Waals surface area contributed by atoms with Gasteiger partial charge in [-0.1, -0.05) is 25.1 Å². The first kappa shape index (κ1) is 25.6. The molecule has 1 N–H and O–H groups in total. The quantitative estimate of drug-likeness (QED) is 0.413. The van der Waals surface area contributed by atoms with E-state index in [0.29, 0.717) is 29.0 Å². The molecular formula is C24H24F4N2O3S. The van der Waals surface area contributed by atoms with E-state index < -0.39 is 29.4 Å². The third-order valence-electron chi connectivity index (χ3n) is 5.20. The Hall–Kier alpha value is -3.01. The van der Waals surface area contributed by atoms with Crippen molar-refractivity contribution in [3.05, 3.63) is 63.6 Å². The molecule has 0 unspecified atom stereocenters. The molecule has 0 spiro atoms. The number of rotatable bonds is 8. The maximum Gasteiger partial charge on any atom is 0.289 e. The van der Waals surface area contributed by atoms with E-state index in [1.54, 1.807) is 31.3 Å². The van der Waals surface area contributed by atoms with Crippen LogP contribution in [0.25, 0.3) is 6.08 Å². The summed E-state index contributed by atoms with van der Waals surface area (Å²) in [5, 5.41) is 2.40. The van der Waals surface area contributed by atoms with Crippen LogP contribution in [0.2, 0.25) is 0 Å². The number of alkyl halides is 4. The van der Waals surface area contributed by atoms with Crippen LogP contribution >= 0.6 is 11.8 Å². The van der Waals surface area contributed by atoms with Crippen molar-refractivity contribution in [2.75, 3.05) is 14.2 Å². The molecule has 0 saturated carbocycles. The van der Waals surface area contributed by atoms with Crippen LogP contribution in [0.15, 0.2) is 46.3 Å². The van der Waals surface area contributed by atoms with Crippen molar-refractivity contribution in [2.24, 2.45) is 4.99 Å². The van der Waals surface area contributed by atoms with Crippen LogP contribution in [-0.2, 0) is 18.5 Å². The topological polar surface area (TPSA) is 59.9 Å². The lowest BCUT2D eigenvalue weighted by Crippen LogP contribution is -2.18. The summed E-state index contributed by atoms with van der Waals surface area (Å²) in [6.45, 7) is 1.69. The van der Waals surface area contributed by atoms with Crippen LogP contribution in [-0.4, -0.2) is 25.2 Å². The van der Waals surface area contributed by atoms with Gasteiger partial charge in [0.15, 0.2) is 11.5 Å². The number of carbonyl (C=O) groups excluding carboxylic acids is 1. The van der Waals surface area contributed by atoms with Crippen molar-refractivity contribution in [3.63, 3.8) is 0 Å². The van der Waals surface area contributed by atoms with Crippen molar-refractivity contribution in [1.82, 2.24) is 5.32 Å². The van der Waals surface area contributed by atoms with Gasteiger partial charge in [-0.3, -0.25) is 9.79 Å². The van der Waals surface area contributed by atoms with Gasteiger partial charge in [0.1, 0.15) is 12.4 Å². The zero-order valence-corrected chi connectivity index (χ0v) is 19.9. The summed E-state index contributed by atoms with van der Waals surface area (Å²) in [5.41, 5.74) is -0.179. The second-order valence-corrected chi connectivity index (χ2v) is 8.63. The number of benzene rings is 2. The molecule has 10 heteroatoms. The predicted molar refractivity (Wildman–Crippen MR) is 125 cm³/mol. The number of thioether (sulfide) groups is 1. The molecule has 0 atom stereocenters. The number of nitrogens with zero attached hydrogens (tertiary/aromatic N) is 1. The van der Waals surface area contributed by atoms with Crippen LogP contribution in [0.5, 0.6) is 11.5 Å². The van der Waals surface area contributed by atoms with Gasteiger partial charge < -0.3 is 14.8 Å². The molecule has 5 nitrogen and oxygen atoms in total. The van der Waals surface area contributed by atoms with E-state index in [2.05, 4.69) is 10.3 Å². The van der Waals surface area contributed by atoms with Crippen LogP contribution in [0, 0.1) is 0 Å². The maximum atomic E-state index is 14.2. The van der Waals surface area contributed by atoms with Crippen molar-refractivity contribution in [1.29, 1.82) is 0 Å². The van der Waals surface area contributed by atoms with Crippen LogP contribution in [0.1, 0.15) is 42.5 Å². The molecular weight excluding hydrogens is 472 g/mol. The molecule has 1 heterocycles. The van der Waals surface area contributed by atoms with Gasteiger partial charge in [-0.2, -0.15) is 0 Å².